The number of amides is 1. The molecule has 0 aliphatic carbocycles. The fourth-order valence-corrected chi connectivity index (χ4v) is 3.15. The van der Waals surface area contributed by atoms with E-state index in [1.54, 1.807) is 0 Å². The number of hydrogen-bond acceptors (Lipinski definition) is 8. The predicted molar refractivity (Wildman–Crippen MR) is 112 cm³/mol. The van der Waals surface area contributed by atoms with Gasteiger partial charge < -0.3 is 15.4 Å². The first kappa shape index (κ1) is 21.8. The second kappa shape index (κ2) is 9.76. The van der Waals surface area contributed by atoms with Gasteiger partial charge in [-0.25, -0.2) is 9.78 Å². The second-order valence-corrected chi connectivity index (χ2v) is 7.20. The number of carbonyl (C=O) groups is 2. The molecule has 0 saturated carbocycles. The highest BCUT2D eigenvalue weighted by atomic mass is 32.1. The summed E-state index contributed by atoms with van der Waals surface area (Å²) in [5.74, 6) is -2.55. The van der Waals surface area contributed by atoms with Gasteiger partial charge >= 0.3 is 11.7 Å². The van der Waals surface area contributed by atoms with E-state index < -0.39 is 34.4 Å². The van der Waals surface area contributed by atoms with Crippen LogP contribution in [0.1, 0.15) is 23.0 Å². The number of anilines is 2. The van der Waals surface area contributed by atoms with Crippen molar-refractivity contribution in [2.75, 3.05) is 10.6 Å². The third kappa shape index (κ3) is 5.82. The van der Waals surface area contributed by atoms with Crippen molar-refractivity contribution in [3.63, 3.8) is 0 Å². The zero-order valence-corrected chi connectivity index (χ0v) is 17.0. The normalized spacial score (nSPS) is 11.4. The van der Waals surface area contributed by atoms with Crippen molar-refractivity contribution < 1.29 is 23.6 Å². The summed E-state index contributed by atoms with van der Waals surface area (Å²) in [6, 6.07) is 12.6. The maximum Gasteiger partial charge on any atom is 0.358 e. The molecule has 0 radical (unpaired) electrons. The number of nitrogens with one attached hydrogen (secondary N) is 2. The molecular formula is C20H17FN4O5S. The minimum atomic E-state index is -1.21. The van der Waals surface area contributed by atoms with Gasteiger partial charge in [-0.2, -0.15) is 4.39 Å². The number of nitro benzene ring substituents is 1. The van der Waals surface area contributed by atoms with E-state index in [9.17, 15) is 24.1 Å². The van der Waals surface area contributed by atoms with Gasteiger partial charge in [0.05, 0.1) is 4.92 Å². The van der Waals surface area contributed by atoms with Crippen LogP contribution in [0.15, 0.2) is 53.9 Å². The number of benzene rings is 2. The van der Waals surface area contributed by atoms with E-state index in [1.807, 2.05) is 30.3 Å². The molecule has 3 rings (SSSR count). The lowest BCUT2D eigenvalue weighted by atomic mass is 10.2. The van der Waals surface area contributed by atoms with E-state index in [1.165, 1.54) is 29.7 Å². The summed E-state index contributed by atoms with van der Waals surface area (Å²) >= 11 is 1.22. The first-order chi connectivity index (χ1) is 14.8. The Kier molecular flexibility index (Phi) is 6.88. The van der Waals surface area contributed by atoms with Gasteiger partial charge in [-0.15, -0.1) is 11.3 Å². The molecule has 0 saturated heterocycles. The highest BCUT2D eigenvalue weighted by Crippen LogP contribution is 2.22. The summed E-state index contributed by atoms with van der Waals surface area (Å²) in [5, 5.41) is 18.3. The third-order valence-electron chi connectivity index (χ3n) is 4.06. The van der Waals surface area contributed by atoms with E-state index in [0.717, 1.165) is 17.7 Å². The van der Waals surface area contributed by atoms with Crippen LogP contribution in [0.3, 0.4) is 0 Å². The Balaban J connectivity index is 1.55. The van der Waals surface area contributed by atoms with Crippen LogP contribution in [-0.2, 0) is 16.1 Å². The van der Waals surface area contributed by atoms with Gasteiger partial charge in [-0.3, -0.25) is 14.9 Å². The summed E-state index contributed by atoms with van der Waals surface area (Å²) in [6.45, 7) is 1.87. The molecule has 1 unspecified atom stereocenters. The van der Waals surface area contributed by atoms with Gasteiger partial charge in [0.1, 0.15) is 0 Å². The van der Waals surface area contributed by atoms with Crippen molar-refractivity contribution in [3.8, 4) is 0 Å². The molecule has 9 nitrogen and oxygen atoms in total. The summed E-state index contributed by atoms with van der Waals surface area (Å²) in [4.78, 5) is 38.5. The van der Waals surface area contributed by atoms with Crippen LogP contribution in [0.25, 0.3) is 0 Å². The van der Waals surface area contributed by atoms with Gasteiger partial charge in [-0.1, -0.05) is 30.3 Å². The number of halogens is 1. The van der Waals surface area contributed by atoms with Crippen LogP contribution in [0.4, 0.5) is 20.9 Å². The van der Waals surface area contributed by atoms with Gasteiger partial charge in [0.2, 0.25) is 5.82 Å². The number of nitro groups is 1. The number of rotatable bonds is 8. The van der Waals surface area contributed by atoms with Gasteiger partial charge in [0.25, 0.3) is 5.91 Å². The van der Waals surface area contributed by atoms with Crippen LogP contribution in [0.2, 0.25) is 0 Å². The smallest absolute Gasteiger partial charge is 0.358 e. The molecule has 2 N–H and O–H groups in total. The van der Waals surface area contributed by atoms with E-state index in [2.05, 4.69) is 15.6 Å². The standard InChI is InChI=1S/C20H17FN4O5S/c1-12(18(26)23-14-7-8-15(21)17(9-14)25(28)29)30-19(27)16-11-31-20(24-16)22-10-13-5-3-2-4-6-13/h2-9,11-12H,10H2,1H3,(H,22,24)(H,23,26). The molecule has 3 aromatic rings. The second-order valence-electron chi connectivity index (χ2n) is 6.34. The molecule has 0 fully saturated rings. The van der Waals surface area contributed by atoms with Crippen LogP contribution in [0, 0.1) is 15.9 Å². The fourth-order valence-electron chi connectivity index (χ4n) is 2.47. The minimum absolute atomic E-state index is 0.00190. The molecule has 0 spiro atoms. The number of hydrogen-bond donors (Lipinski definition) is 2. The van der Waals surface area contributed by atoms with Crippen molar-refractivity contribution in [1.29, 1.82) is 0 Å². The number of carbonyl (C=O) groups excluding carboxylic acids is 2. The summed E-state index contributed by atoms with van der Waals surface area (Å²) in [5.41, 5.74) is 0.313. The van der Waals surface area contributed by atoms with Gasteiger partial charge in [0, 0.05) is 23.7 Å². The fraction of sp³-hybridized carbons (Fsp3) is 0.150. The lowest BCUT2D eigenvalue weighted by molar-refractivity contribution is -0.387. The van der Waals surface area contributed by atoms with Crippen LogP contribution in [0.5, 0.6) is 0 Å². The quantitative estimate of drug-likeness (QED) is 0.306. The molecule has 0 bridgehead atoms. The molecule has 0 aliphatic heterocycles. The maximum atomic E-state index is 13.4. The summed E-state index contributed by atoms with van der Waals surface area (Å²) < 4.78 is 18.5. The number of nitrogens with zero attached hydrogens (tertiary/aromatic N) is 2. The first-order valence-corrected chi connectivity index (χ1v) is 9.90. The molecular weight excluding hydrogens is 427 g/mol. The molecule has 0 aliphatic rings. The van der Waals surface area contributed by atoms with E-state index in [4.69, 9.17) is 4.74 Å². The SMILES string of the molecule is CC(OC(=O)c1csc(NCc2ccccc2)n1)C(=O)Nc1ccc(F)c([N+](=O)[O-])c1. The molecule has 2 aromatic carbocycles. The van der Waals surface area contributed by atoms with E-state index in [-0.39, 0.29) is 11.4 Å². The van der Waals surface area contributed by atoms with Crippen molar-refractivity contribution in [3.05, 3.63) is 81.1 Å². The molecule has 1 heterocycles. The maximum absolute atomic E-state index is 13.4. The monoisotopic (exact) mass is 444 g/mol. The van der Waals surface area contributed by atoms with Gasteiger partial charge in [0.15, 0.2) is 16.9 Å². The Bertz CT molecular complexity index is 1110. The van der Waals surface area contributed by atoms with Crippen LogP contribution in [-0.4, -0.2) is 27.9 Å². The highest BCUT2D eigenvalue weighted by Gasteiger charge is 2.22. The Hall–Kier alpha value is -3.86. The third-order valence-corrected chi connectivity index (χ3v) is 4.86. The molecule has 11 heteroatoms. The molecule has 1 atom stereocenters. The summed E-state index contributed by atoms with van der Waals surface area (Å²) in [7, 11) is 0. The van der Waals surface area contributed by atoms with E-state index >= 15 is 0 Å². The zero-order chi connectivity index (χ0) is 22.4. The topological polar surface area (TPSA) is 123 Å². The average molecular weight is 444 g/mol. The highest BCUT2D eigenvalue weighted by molar-refractivity contribution is 7.13. The predicted octanol–water partition coefficient (Wildman–Crippen LogP) is 3.99. The first-order valence-electron chi connectivity index (χ1n) is 9.02. The van der Waals surface area contributed by atoms with Crippen LogP contribution >= 0.6 is 11.3 Å². The van der Waals surface area contributed by atoms with Crippen LogP contribution < -0.4 is 10.6 Å². The lowest BCUT2D eigenvalue weighted by Gasteiger charge is -2.12. The minimum Gasteiger partial charge on any atom is -0.448 e. The van der Waals surface area contributed by atoms with Crippen molar-refractivity contribution >= 4 is 39.7 Å². The Morgan fingerprint density at radius 3 is 2.71 bits per heavy atom. The largest absolute Gasteiger partial charge is 0.448 e. The van der Waals surface area contributed by atoms with Crippen molar-refractivity contribution in [1.82, 2.24) is 4.98 Å². The lowest BCUT2D eigenvalue weighted by Crippen LogP contribution is -2.30. The summed E-state index contributed by atoms with van der Waals surface area (Å²) in [6.07, 6.45) is -1.21. The average Bonchev–Trinajstić information content (AvgIpc) is 3.23. The molecule has 160 valence electrons. The number of esters is 1. The van der Waals surface area contributed by atoms with Crippen molar-refractivity contribution in [2.45, 2.75) is 19.6 Å². The number of thiazole rings is 1. The van der Waals surface area contributed by atoms with Crippen molar-refractivity contribution in [2.24, 2.45) is 0 Å². The molecule has 1 aromatic heterocycles. The Labute approximate surface area is 180 Å². The Morgan fingerprint density at radius 1 is 1.26 bits per heavy atom. The molecule has 31 heavy (non-hydrogen) atoms. The van der Waals surface area contributed by atoms with Gasteiger partial charge in [-0.05, 0) is 24.6 Å². The zero-order valence-electron chi connectivity index (χ0n) is 16.2. The van der Waals surface area contributed by atoms with E-state index in [0.29, 0.717) is 11.7 Å². The molecule has 1 amide bonds. The number of aromatic nitrogens is 1. The number of ether oxygens (including phenoxy) is 1. The Morgan fingerprint density at radius 2 is 2.00 bits per heavy atom.